The first-order valence-corrected chi connectivity index (χ1v) is 9.49. The lowest BCUT2D eigenvalue weighted by atomic mass is 10.1. The van der Waals surface area contributed by atoms with Gasteiger partial charge >= 0.3 is 0 Å². The van der Waals surface area contributed by atoms with Crippen LogP contribution in [0.3, 0.4) is 0 Å². The maximum absolute atomic E-state index is 14.1. The number of sulfone groups is 1. The van der Waals surface area contributed by atoms with Crippen molar-refractivity contribution in [1.82, 2.24) is 9.97 Å². The molecule has 3 aromatic rings. The van der Waals surface area contributed by atoms with Gasteiger partial charge in [0.2, 0.25) is 0 Å². The fraction of sp³-hybridized carbons (Fsp3) is 0.111. The Morgan fingerprint density at radius 1 is 1.08 bits per heavy atom. The van der Waals surface area contributed by atoms with E-state index in [1.807, 2.05) is 18.2 Å². The molecular formula is C18H16FN3O3S. The van der Waals surface area contributed by atoms with E-state index in [4.69, 9.17) is 4.74 Å². The van der Waals surface area contributed by atoms with Crippen LogP contribution >= 0.6 is 0 Å². The molecule has 1 aromatic heterocycles. The fourth-order valence-corrected chi connectivity index (χ4v) is 3.05. The number of nitrogens with one attached hydrogen (secondary N) is 1. The van der Waals surface area contributed by atoms with Crippen LogP contribution in [0.5, 0.6) is 5.75 Å². The monoisotopic (exact) mass is 373 g/mol. The molecule has 0 amide bonds. The van der Waals surface area contributed by atoms with E-state index in [1.165, 1.54) is 18.5 Å². The van der Waals surface area contributed by atoms with Crippen LogP contribution in [0.2, 0.25) is 0 Å². The molecule has 0 radical (unpaired) electrons. The highest BCUT2D eigenvalue weighted by molar-refractivity contribution is 7.90. The Bertz CT molecular complexity index is 1060. The van der Waals surface area contributed by atoms with E-state index in [1.54, 1.807) is 19.2 Å². The van der Waals surface area contributed by atoms with Crippen LogP contribution in [0.25, 0.3) is 11.3 Å². The van der Waals surface area contributed by atoms with Gasteiger partial charge in [-0.25, -0.2) is 22.8 Å². The molecule has 1 heterocycles. The number of ether oxygens (including phenoxy) is 1. The Hall–Kier alpha value is -3.00. The molecule has 26 heavy (non-hydrogen) atoms. The van der Waals surface area contributed by atoms with E-state index in [2.05, 4.69) is 15.3 Å². The quantitative estimate of drug-likeness (QED) is 0.690. The molecule has 0 aliphatic heterocycles. The van der Waals surface area contributed by atoms with Crippen molar-refractivity contribution in [3.8, 4) is 17.0 Å². The van der Waals surface area contributed by atoms with Crippen LogP contribution in [0.15, 0.2) is 59.8 Å². The SMILES string of the molecule is COc1ccccc1-c1cc(Nc2cc(S(C)(=O)=O)ccc2F)ncn1. The van der Waals surface area contributed by atoms with Crippen LogP contribution in [-0.2, 0) is 9.84 Å². The average Bonchev–Trinajstić information content (AvgIpc) is 2.63. The van der Waals surface area contributed by atoms with Gasteiger partial charge in [0.15, 0.2) is 9.84 Å². The average molecular weight is 373 g/mol. The van der Waals surface area contributed by atoms with Crippen LogP contribution < -0.4 is 10.1 Å². The smallest absolute Gasteiger partial charge is 0.175 e. The summed E-state index contributed by atoms with van der Waals surface area (Å²) in [5.41, 5.74) is 1.35. The minimum absolute atomic E-state index is 0.0117. The van der Waals surface area contributed by atoms with E-state index in [0.717, 1.165) is 17.9 Å². The molecule has 2 aromatic carbocycles. The predicted molar refractivity (Wildman–Crippen MR) is 96.8 cm³/mol. The Kier molecular flexibility index (Phi) is 4.85. The van der Waals surface area contributed by atoms with Gasteiger partial charge in [0, 0.05) is 17.9 Å². The van der Waals surface area contributed by atoms with Crippen molar-refractivity contribution in [1.29, 1.82) is 0 Å². The molecule has 1 N–H and O–H groups in total. The van der Waals surface area contributed by atoms with Gasteiger partial charge in [-0.05, 0) is 30.3 Å². The molecule has 0 unspecified atom stereocenters. The third kappa shape index (κ3) is 3.80. The van der Waals surface area contributed by atoms with Crippen molar-refractivity contribution in [2.45, 2.75) is 4.90 Å². The first kappa shape index (κ1) is 17.8. The van der Waals surface area contributed by atoms with Gasteiger partial charge in [-0.1, -0.05) is 12.1 Å². The highest BCUT2D eigenvalue weighted by atomic mass is 32.2. The molecule has 8 heteroatoms. The van der Waals surface area contributed by atoms with E-state index < -0.39 is 15.7 Å². The van der Waals surface area contributed by atoms with Crippen LogP contribution in [0, 0.1) is 5.82 Å². The van der Waals surface area contributed by atoms with E-state index in [-0.39, 0.29) is 10.6 Å². The third-order valence-electron chi connectivity index (χ3n) is 3.68. The number of benzene rings is 2. The second kappa shape index (κ2) is 7.09. The van der Waals surface area contributed by atoms with Crippen LogP contribution in [0.4, 0.5) is 15.9 Å². The molecule has 0 fully saturated rings. The lowest BCUT2D eigenvalue weighted by Crippen LogP contribution is -2.02. The van der Waals surface area contributed by atoms with Gasteiger partial charge in [-0.2, -0.15) is 0 Å². The van der Waals surface area contributed by atoms with Gasteiger partial charge < -0.3 is 10.1 Å². The zero-order chi connectivity index (χ0) is 18.7. The van der Waals surface area contributed by atoms with E-state index >= 15 is 0 Å². The summed E-state index contributed by atoms with van der Waals surface area (Å²) in [6.07, 6.45) is 2.40. The number of rotatable bonds is 5. The molecule has 0 spiro atoms. The summed E-state index contributed by atoms with van der Waals surface area (Å²) in [6, 6.07) is 12.5. The Labute approximate surface area is 150 Å². The molecule has 3 rings (SSSR count). The first-order chi connectivity index (χ1) is 12.4. The van der Waals surface area contributed by atoms with Gasteiger partial charge in [0.05, 0.1) is 23.4 Å². The molecule has 6 nitrogen and oxygen atoms in total. The second-order valence-corrected chi connectivity index (χ2v) is 7.54. The molecule has 0 bridgehead atoms. The Balaban J connectivity index is 1.98. The molecular weight excluding hydrogens is 357 g/mol. The maximum atomic E-state index is 14.1. The van der Waals surface area contributed by atoms with Gasteiger partial charge in [0.25, 0.3) is 0 Å². The zero-order valence-electron chi connectivity index (χ0n) is 14.1. The van der Waals surface area contributed by atoms with Gasteiger partial charge in [-0.15, -0.1) is 0 Å². The highest BCUT2D eigenvalue weighted by Crippen LogP contribution is 2.30. The minimum Gasteiger partial charge on any atom is -0.496 e. The fourth-order valence-electron chi connectivity index (χ4n) is 2.40. The van der Waals surface area contributed by atoms with Crippen molar-refractivity contribution in [2.24, 2.45) is 0 Å². The third-order valence-corrected chi connectivity index (χ3v) is 4.79. The predicted octanol–water partition coefficient (Wildman–Crippen LogP) is 3.44. The molecule has 0 atom stereocenters. The second-order valence-electron chi connectivity index (χ2n) is 5.53. The van der Waals surface area contributed by atoms with Crippen molar-refractivity contribution in [3.05, 3.63) is 60.7 Å². The minimum atomic E-state index is -3.45. The summed E-state index contributed by atoms with van der Waals surface area (Å²) in [5, 5.41) is 2.80. The number of halogens is 1. The summed E-state index contributed by atoms with van der Waals surface area (Å²) < 4.78 is 42.7. The Morgan fingerprint density at radius 2 is 1.85 bits per heavy atom. The molecule has 0 saturated carbocycles. The number of hydrogen-bond acceptors (Lipinski definition) is 6. The normalized spacial score (nSPS) is 11.2. The number of hydrogen-bond donors (Lipinski definition) is 1. The number of methoxy groups -OCH3 is 1. The highest BCUT2D eigenvalue weighted by Gasteiger charge is 2.13. The van der Waals surface area contributed by atoms with Crippen molar-refractivity contribution in [2.75, 3.05) is 18.7 Å². The summed E-state index contributed by atoms with van der Waals surface area (Å²) in [7, 11) is -1.89. The summed E-state index contributed by atoms with van der Waals surface area (Å²) in [4.78, 5) is 8.30. The van der Waals surface area contributed by atoms with E-state index in [0.29, 0.717) is 17.3 Å². The first-order valence-electron chi connectivity index (χ1n) is 7.60. The lowest BCUT2D eigenvalue weighted by molar-refractivity contribution is 0.416. The summed E-state index contributed by atoms with van der Waals surface area (Å²) in [6.45, 7) is 0. The standard InChI is InChI=1S/C18H16FN3O3S/c1-25-17-6-4-3-5-13(17)15-10-18(21-11-20-15)22-16-9-12(26(2,23)24)7-8-14(16)19/h3-11H,1-2H3,(H,20,21,22). The topological polar surface area (TPSA) is 81.2 Å². The maximum Gasteiger partial charge on any atom is 0.175 e. The number of para-hydroxylation sites is 1. The number of anilines is 2. The number of aromatic nitrogens is 2. The largest absolute Gasteiger partial charge is 0.496 e. The summed E-state index contributed by atoms with van der Waals surface area (Å²) in [5.74, 6) is 0.378. The van der Waals surface area contributed by atoms with Crippen molar-refractivity contribution >= 4 is 21.3 Å². The lowest BCUT2D eigenvalue weighted by Gasteiger charge is -2.11. The van der Waals surface area contributed by atoms with Crippen LogP contribution in [-0.4, -0.2) is 31.8 Å². The van der Waals surface area contributed by atoms with Crippen molar-refractivity contribution in [3.63, 3.8) is 0 Å². The zero-order valence-corrected chi connectivity index (χ0v) is 14.9. The molecule has 0 aliphatic rings. The van der Waals surface area contributed by atoms with Crippen LogP contribution in [0.1, 0.15) is 0 Å². The van der Waals surface area contributed by atoms with Gasteiger partial charge in [-0.3, -0.25) is 0 Å². The van der Waals surface area contributed by atoms with Crippen molar-refractivity contribution < 1.29 is 17.5 Å². The molecule has 134 valence electrons. The molecule has 0 aliphatic carbocycles. The van der Waals surface area contributed by atoms with Gasteiger partial charge in [0.1, 0.15) is 23.7 Å². The van der Waals surface area contributed by atoms with E-state index in [9.17, 15) is 12.8 Å². The number of nitrogens with zero attached hydrogens (tertiary/aromatic N) is 2. The summed E-state index contributed by atoms with van der Waals surface area (Å²) >= 11 is 0. The molecule has 0 saturated heterocycles. The Morgan fingerprint density at radius 3 is 2.58 bits per heavy atom.